The average Bonchev–Trinajstić information content (AvgIpc) is 2.44. The Morgan fingerprint density at radius 1 is 1.24 bits per heavy atom. The molecule has 0 aliphatic heterocycles. The van der Waals surface area contributed by atoms with Crippen molar-refractivity contribution in [1.29, 1.82) is 0 Å². The Hall–Kier alpha value is -1.04. The Balaban J connectivity index is 2.35. The van der Waals surface area contributed by atoms with E-state index >= 15 is 0 Å². The van der Waals surface area contributed by atoms with Gasteiger partial charge >= 0.3 is 0 Å². The molecule has 0 aliphatic carbocycles. The largest absolute Gasteiger partial charge is 0.369 e. The highest BCUT2D eigenvalue weighted by Crippen LogP contribution is 2.34. The first-order chi connectivity index (χ1) is 10.0. The van der Waals surface area contributed by atoms with Crippen LogP contribution in [0.1, 0.15) is 13.3 Å². The third-order valence-electron chi connectivity index (χ3n) is 2.68. The summed E-state index contributed by atoms with van der Waals surface area (Å²) in [5.41, 5.74) is 0.274. The second-order valence-corrected chi connectivity index (χ2v) is 5.97. The molecule has 1 heterocycles. The van der Waals surface area contributed by atoms with Crippen molar-refractivity contribution in [3.8, 4) is 0 Å². The lowest BCUT2D eigenvalue weighted by atomic mass is 10.3. The van der Waals surface area contributed by atoms with Gasteiger partial charge in [-0.3, -0.25) is 0 Å². The first kappa shape index (κ1) is 16.3. The number of nitrogens with one attached hydrogen (secondary N) is 2. The number of halogens is 4. The third kappa shape index (κ3) is 3.99. The quantitative estimate of drug-likeness (QED) is 0.669. The summed E-state index contributed by atoms with van der Waals surface area (Å²) >= 11 is 15.5. The fourth-order valence-corrected chi connectivity index (χ4v) is 2.57. The van der Waals surface area contributed by atoms with Gasteiger partial charge in [0.15, 0.2) is 5.82 Å². The second kappa shape index (κ2) is 7.29. The first-order valence-electron chi connectivity index (χ1n) is 6.34. The van der Waals surface area contributed by atoms with Crippen molar-refractivity contribution in [2.45, 2.75) is 13.3 Å². The van der Waals surface area contributed by atoms with Gasteiger partial charge in [-0.25, -0.2) is 9.37 Å². The highest BCUT2D eigenvalue weighted by Gasteiger charge is 2.13. The number of nitrogens with zero attached hydrogens (tertiary/aromatic N) is 1. The Morgan fingerprint density at radius 2 is 1.95 bits per heavy atom. The predicted octanol–water partition coefficient (Wildman–Crippen LogP) is 5.86. The van der Waals surface area contributed by atoms with Gasteiger partial charge in [0.25, 0.3) is 0 Å². The molecule has 0 saturated carbocycles. The Kier molecular flexibility index (Phi) is 5.67. The molecular formula is C14H13BrCl2FN3. The maximum absolute atomic E-state index is 13.8. The molecule has 0 aliphatic rings. The van der Waals surface area contributed by atoms with E-state index in [1.807, 2.05) is 6.92 Å². The highest BCUT2D eigenvalue weighted by molar-refractivity contribution is 9.10. The molecule has 1 aromatic heterocycles. The minimum atomic E-state index is -0.403. The number of hydrogen-bond acceptors (Lipinski definition) is 3. The molecule has 21 heavy (non-hydrogen) atoms. The molecule has 2 rings (SSSR count). The van der Waals surface area contributed by atoms with Crippen molar-refractivity contribution in [2.75, 3.05) is 17.2 Å². The molecule has 0 bridgehead atoms. The van der Waals surface area contributed by atoms with E-state index in [0.717, 1.165) is 13.0 Å². The van der Waals surface area contributed by atoms with Crippen LogP contribution in [0.4, 0.5) is 21.7 Å². The van der Waals surface area contributed by atoms with Crippen LogP contribution >= 0.6 is 39.1 Å². The number of hydrogen-bond donors (Lipinski definition) is 2. The molecule has 0 amide bonds. The van der Waals surface area contributed by atoms with Crippen LogP contribution in [0.15, 0.2) is 28.7 Å². The van der Waals surface area contributed by atoms with Gasteiger partial charge in [-0.1, -0.05) is 36.2 Å². The number of benzene rings is 1. The van der Waals surface area contributed by atoms with Gasteiger partial charge in [0.1, 0.15) is 11.6 Å². The highest BCUT2D eigenvalue weighted by atomic mass is 79.9. The summed E-state index contributed by atoms with van der Waals surface area (Å²) in [6.07, 6.45) is 0.933. The van der Waals surface area contributed by atoms with Crippen LogP contribution in [0.2, 0.25) is 10.0 Å². The Labute approximate surface area is 141 Å². The van der Waals surface area contributed by atoms with E-state index < -0.39 is 5.82 Å². The van der Waals surface area contributed by atoms with Crippen LogP contribution in [0.5, 0.6) is 0 Å². The molecule has 0 fully saturated rings. The van der Waals surface area contributed by atoms with E-state index in [1.54, 1.807) is 18.2 Å². The number of aromatic nitrogens is 1. The summed E-state index contributed by atoms with van der Waals surface area (Å²) in [5.74, 6) is 0.448. The Bertz CT molecular complexity index is 632. The summed E-state index contributed by atoms with van der Waals surface area (Å²) in [5, 5.41) is 6.73. The standard InChI is InChI=1S/C14H13BrCl2FN3/c1-2-6-19-13-9(16)7-10(17)14(21-13)20-12-8(15)4-3-5-11(12)18/h3-5,7H,2,6H2,1H3,(H2,19,20,21). The normalized spacial score (nSPS) is 10.5. The topological polar surface area (TPSA) is 37.0 Å². The molecule has 112 valence electrons. The fourth-order valence-electron chi connectivity index (χ4n) is 1.66. The van der Waals surface area contributed by atoms with Crippen LogP contribution in [0.25, 0.3) is 0 Å². The number of anilines is 3. The zero-order valence-electron chi connectivity index (χ0n) is 11.2. The summed E-state index contributed by atoms with van der Waals surface area (Å²) in [7, 11) is 0. The lowest BCUT2D eigenvalue weighted by Gasteiger charge is -2.13. The predicted molar refractivity (Wildman–Crippen MR) is 90.4 cm³/mol. The van der Waals surface area contributed by atoms with E-state index in [4.69, 9.17) is 23.2 Å². The van der Waals surface area contributed by atoms with Crippen molar-refractivity contribution in [3.63, 3.8) is 0 Å². The summed E-state index contributed by atoms with van der Waals surface area (Å²) < 4.78 is 14.4. The van der Waals surface area contributed by atoms with Crippen molar-refractivity contribution in [2.24, 2.45) is 0 Å². The average molecular weight is 393 g/mol. The summed E-state index contributed by atoms with van der Waals surface area (Å²) in [6, 6.07) is 6.26. The van der Waals surface area contributed by atoms with E-state index in [0.29, 0.717) is 26.2 Å². The monoisotopic (exact) mass is 391 g/mol. The van der Waals surface area contributed by atoms with Crippen molar-refractivity contribution in [1.82, 2.24) is 4.98 Å². The lowest BCUT2D eigenvalue weighted by Crippen LogP contribution is -2.05. The van der Waals surface area contributed by atoms with Crippen LogP contribution in [0.3, 0.4) is 0 Å². The van der Waals surface area contributed by atoms with E-state index in [2.05, 4.69) is 31.5 Å². The van der Waals surface area contributed by atoms with Crippen LogP contribution in [-0.4, -0.2) is 11.5 Å². The molecule has 3 nitrogen and oxygen atoms in total. The van der Waals surface area contributed by atoms with Crippen molar-refractivity contribution < 1.29 is 4.39 Å². The molecule has 0 radical (unpaired) electrons. The molecule has 0 atom stereocenters. The van der Waals surface area contributed by atoms with Gasteiger partial charge in [-0.2, -0.15) is 0 Å². The van der Waals surface area contributed by atoms with E-state index in [-0.39, 0.29) is 5.69 Å². The zero-order chi connectivity index (χ0) is 15.4. The van der Waals surface area contributed by atoms with Gasteiger partial charge in [0.05, 0.1) is 15.7 Å². The molecule has 2 aromatic rings. The Morgan fingerprint density at radius 3 is 2.62 bits per heavy atom. The van der Waals surface area contributed by atoms with Crippen LogP contribution in [-0.2, 0) is 0 Å². The first-order valence-corrected chi connectivity index (χ1v) is 7.88. The maximum Gasteiger partial charge on any atom is 0.151 e. The second-order valence-electron chi connectivity index (χ2n) is 4.30. The lowest BCUT2D eigenvalue weighted by molar-refractivity contribution is 0.631. The van der Waals surface area contributed by atoms with Crippen molar-refractivity contribution >= 4 is 56.5 Å². The minimum Gasteiger partial charge on any atom is -0.369 e. The molecule has 0 unspecified atom stereocenters. The fraction of sp³-hybridized carbons (Fsp3) is 0.214. The molecule has 2 N–H and O–H groups in total. The maximum atomic E-state index is 13.8. The summed E-state index contributed by atoms with van der Waals surface area (Å²) in [6.45, 7) is 2.77. The summed E-state index contributed by atoms with van der Waals surface area (Å²) in [4.78, 5) is 4.31. The van der Waals surface area contributed by atoms with Crippen LogP contribution < -0.4 is 10.6 Å². The molecule has 0 saturated heterocycles. The van der Waals surface area contributed by atoms with E-state index in [1.165, 1.54) is 6.07 Å². The number of rotatable bonds is 5. The zero-order valence-corrected chi connectivity index (χ0v) is 14.3. The third-order valence-corrected chi connectivity index (χ3v) is 3.92. The van der Waals surface area contributed by atoms with Crippen molar-refractivity contribution in [3.05, 3.63) is 44.6 Å². The van der Waals surface area contributed by atoms with E-state index in [9.17, 15) is 4.39 Å². The number of para-hydroxylation sites is 1. The molecule has 1 aromatic carbocycles. The van der Waals surface area contributed by atoms with Gasteiger partial charge in [0, 0.05) is 11.0 Å². The SMILES string of the molecule is CCCNc1nc(Nc2c(F)cccc2Br)c(Cl)cc1Cl. The van der Waals surface area contributed by atoms with Gasteiger partial charge < -0.3 is 10.6 Å². The molecule has 0 spiro atoms. The van der Waals surface area contributed by atoms with Gasteiger partial charge in [-0.05, 0) is 40.5 Å². The molecule has 7 heteroatoms. The molecular weight excluding hydrogens is 380 g/mol. The number of pyridine rings is 1. The smallest absolute Gasteiger partial charge is 0.151 e. The minimum absolute atomic E-state index is 0.274. The van der Waals surface area contributed by atoms with Crippen LogP contribution in [0, 0.1) is 5.82 Å². The van der Waals surface area contributed by atoms with Gasteiger partial charge in [-0.15, -0.1) is 0 Å². The van der Waals surface area contributed by atoms with Gasteiger partial charge in [0.2, 0.25) is 0 Å².